The number of para-hydroxylation sites is 1. The topological polar surface area (TPSA) is 38.0 Å². The van der Waals surface area contributed by atoms with Crippen molar-refractivity contribution in [3.05, 3.63) is 41.1 Å². The average molecular weight is 263 g/mol. The maximum atomic E-state index is 9.47. The maximum absolute atomic E-state index is 9.47. The van der Waals surface area contributed by atoms with Gasteiger partial charge in [0.15, 0.2) is 0 Å². The van der Waals surface area contributed by atoms with Crippen LogP contribution in [0.4, 0.5) is 0 Å². The SMILES string of the molecule is On1ccc2c3ccccc3nc-2c1Br. The van der Waals surface area contributed by atoms with Gasteiger partial charge in [0.2, 0.25) is 0 Å². The second-order valence-electron chi connectivity index (χ2n) is 3.34. The van der Waals surface area contributed by atoms with Gasteiger partial charge in [0.1, 0.15) is 10.3 Å². The zero-order chi connectivity index (χ0) is 10.4. The van der Waals surface area contributed by atoms with Gasteiger partial charge in [-0.15, -0.1) is 0 Å². The summed E-state index contributed by atoms with van der Waals surface area (Å²) < 4.78 is 1.60. The van der Waals surface area contributed by atoms with E-state index in [-0.39, 0.29) is 0 Å². The van der Waals surface area contributed by atoms with Crippen LogP contribution in [0.5, 0.6) is 0 Å². The quantitative estimate of drug-likeness (QED) is 0.499. The number of hydrogen-bond donors (Lipinski definition) is 1. The third kappa shape index (κ3) is 1.15. The first-order valence-electron chi connectivity index (χ1n) is 4.52. The lowest BCUT2D eigenvalue weighted by Crippen LogP contribution is -1.96. The van der Waals surface area contributed by atoms with Crippen molar-refractivity contribution in [3.63, 3.8) is 0 Å². The summed E-state index contributed by atoms with van der Waals surface area (Å²) in [6, 6.07) is 9.78. The van der Waals surface area contributed by atoms with Gasteiger partial charge in [-0.2, -0.15) is 4.73 Å². The molecule has 0 aliphatic carbocycles. The molecule has 15 heavy (non-hydrogen) atoms. The summed E-state index contributed by atoms with van der Waals surface area (Å²) in [5.74, 6) is 0. The van der Waals surface area contributed by atoms with E-state index in [2.05, 4.69) is 20.9 Å². The van der Waals surface area contributed by atoms with Crippen molar-refractivity contribution in [2.45, 2.75) is 0 Å². The molecule has 0 unspecified atom stereocenters. The fraction of sp³-hybridized carbons (Fsp3) is 0. The Balaban J connectivity index is 2.52. The van der Waals surface area contributed by atoms with E-state index >= 15 is 0 Å². The second kappa shape index (κ2) is 2.97. The first-order valence-corrected chi connectivity index (χ1v) is 5.31. The summed E-state index contributed by atoms with van der Waals surface area (Å²) in [5, 5.41) is 10.6. The highest BCUT2D eigenvalue weighted by Crippen LogP contribution is 2.35. The fourth-order valence-electron chi connectivity index (χ4n) is 1.75. The summed E-state index contributed by atoms with van der Waals surface area (Å²) in [6.45, 7) is 0. The monoisotopic (exact) mass is 262 g/mol. The van der Waals surface area contributed by atoms with E-state index in [0.717, 1.165) is 26.9 Å². The summed E-state index contributed by atoms with van der Waals surface area (Å²) in [7, 11) is 0. The number of rotatable bonds is 0. The lowest BCUT2D eigenvalue weighted by atomic mass is 10.1. The van der Waals surface area contributed by atoms with Gasteiger partial charge < -0.3 is 5.21 Å². The van der Waals surface area contributed by atoms with E-state index < -0.39 is 0 Å². The summed E-state index contributed by atoms with van der Waals surface area (Å²) in [5.41, 5.74) is 2.77. The highest BCUT2D eigenvalue weighted by molar-refractivity contribution is 9.10. The van der Waals surface area contributed by atoms with Crippen LogP contribution < -0.4 is 0 Å². The Morgan fingerprint density at radius 2 is 2.00 bits per heavy atom. The summed E-state index contributed by atoms with van der Waals surface area (Å²) in [4.78, 5) is 4.45. The van der Waals surface area contributed by atoms with Crippen molar-refractivity contribution in [1.29, 1.82) is 0 Å². The number of halogens is 1. The van der Waals surface area contributed by atoms with Crippen LogP contribution >= 0.6 is 15.9 Å². The molecule has 2 aliphatic rings. The Morgan fingerprint density at radius 1 is 1.20 bits per heavy atom. The van der Waals surface area contributed by atoms with Crippen LogP contribution in [0.3, 0.4) is 0 Å². The molecule has 0 aromatic heterocycles. The van der Waals surface area contributed by atoms with Crippen LogP contribution in [-0.4, -0.2) is 14.9 Å². The van der Waals surface area contributed by atoms with Crippen molar-refractivity contribution < 1.29 is 5.21 Å². The largest absolute Gasteiger partial charge is 0.428 e. The van der Waals surface area contributed by atoms with Crippen LogP contribution in [0.1, 0.15) is 0 Å². The lowest BCUT2D eigenvalue weighted by Gasteiger charge is -2.04. The van der Waals surface area contributed by atoms with E-state index in [0.29, 0.717) is 4.60 Å². The minimum Gasteiger partial charge on any atom is -0.428 e. The molecular weight excluding hydrogens is 256 g/mol. The molecule has 0 amide bonds. The van der Waals surface area contributed by atoms with Gasteiger partial charge in [0.05, 0.1) is 5.52 Å². The molecule has 3 rings (SSSR count). The lowest BCUT2D eigenvalue weighted by molar-refractivity contribution is 0.178. The molecule has 0 saturated heterocycles. The molecule has 0 fully saturated rings. The molecule has 0 saturated carbocycles. The third-order valence-corrected chi connectivity index (χ3v) is 3.20. The third-order valence-electron chi connectivity index (χ3n) is 2.46. The fourth-order valence-corrected chi connectivity index (χ4v) is 2.17. The molecule has 0 spiro atoms. The molecule has 4 heteroatoms. The Hall–Kier alpha value is -1.55. The number of nitrogens with zero attached hydrogens (tertiary/aromatic N) is 2. The molecule has 1 aromatic carbocycles. The van der Waals surface area contributed by atoms with E-state index in [9.17, 15) is 5.21 Å². The van der Waals surface area contributed by atoms with Crippen molar-refractivity contribution in [2.75, 3.05) is 0 Å². The Kier molecular flexibility index (Phi) is 1.73. The number of benzene rings is 1. The van der Waals surface area contributed by atoms with Gasteiger partial charge in [-0.25, -0.2) is 4.98 Å². The number of fused-ring (bicyclic) bond motifs is 3. The Morgan fingerprint density at radius 3 is 2.87 bits per heavy atom. The van der Waals surface area contributed by atoms with Crippen LogP contribution in [0.2, 0.25) is 0 Å². The normalized spacial score (nSPS) is 11.3. The Labute approximate surface area is 94.4 Å². The van der Waals surface area contributed by atoms with E-state index in [1.54, 1.807) is 6.20 Å². The molecule has 2 aliphatic heterocycles. The first-order chi connectivity index (χ1) is 7.27. The van der Waals surface area contributed by atoms with Crippen molar-refractivity contribution in [1.82, 2.24) is 9.71 Å². The van der Waals surface area contributed by atoms with Crippen molar-refractivity contribution in [3.8, 4) is 11.3 Å². The highest BCUT2D eigenvalue weighted by atomic mass is 79.9. The highest BCUT2D eigenvalue weighted by Gasteiger charge is 2.15. The molecule has 1 aromatic rings. The van der Waals surface area contributed by atoms with E-state index in [1.165, 1.54) is 0 Å². The minimum atomic E-state index is 0.580. The van der Waals surface area contributed by atoms with E-state index in [1.807, 2.05) is 30.3 Å². The minimum absolute atomic E-state index is 0.580. The van der Waals surface area contributed by atoms with Crippen LogP contribution in [0.15, 0.2) is 41.1 Å². The van der Waals surface area contributed by atoms with Crippen LogP contribution in [0.25, 0.3) is 22.2 Å². The summed E-state index contributed by atoms with van der Waals surface area (Å²) >= 11 is 3.31. The van der Waals surface area contributed by atoms with E-state index in [4.69, 9.17) is 0 Å². The standard InChI is InChI=1S/C11H7BrN2O/c12-11-10-8(5-6-14(11)15)7-3-1-2-4-9(7)13-10/h1-6,15H. The molecule has 0 atom stereocenters. The predicted molar refractivity (Wildman–Crippen MR) is 61.2 cm³/mol. The zero-order valence-corrected chi connectivity index (χ0v) is 9.27. The second-order valence-corrected chi connectivity index (χ2v) is 4.09. The van der Waals surface area contributed by atoms with Gasteiger partial charge in [-0.05, 0) is 28.1 Å². The van der Waals surface area contributed by atoms with Crippen molar-refractivity contribution in [2.24, 2.45) is 0 Å². The molecular formula is C11H7BrN2O. The molecule has 2 heterocycles. The average Bonchev–Trinajstić information content (AvgIpc) is 2.63. The van der Waals surface area contributed by atoms with Gasteiger partial charge >= 0.3 is 0 Å². The van der Waals surface area contributed by atoms with Crippen LogP contribution in [-0.2, 0) is 0 Å². The first kappa shape index (κ1) is 8.73. The zero-order valence-electron chi connectivity index (χ0n) is 7.68. The van der Waals surface area contributed by atoms with Crippen LogP contribution in [0, 0.1) is 0 Å². The number of pyridine rings is 1. The number of hydrogen-bond acceptors (Lipinski definition) is 2. The van der Waals surface area contributed by atoms with Gasteiger partial charge in [-0.1, -0.05) is 18.2 Å². The van der Waals surface area contributed by atoms with Gasteiger partial charge in [-0.3, -0.25) is 0 Å². The molecule has 1 N–H and O–H groups in total. The predicted octanol–water partition coefficient (Wildman–Crippen LogP) is 3.14. The number of aromatic nitrogens is 2. The van der Waals surface area contributed by atoms with Gasteiger partial charge in [0.25, 0.3) is 0 Å². The molecule has 3 nitrogen and oxygen atoms in total. The molecule has 74 valence electrons. The Bertz CT molecular complexity index is 617. The maximum Gasteiger partial charge on any atom is 0.148 e. The summed E-state index contributed by atoms with van der Waals surface area (Å²) in [6.07, 6.45) is 1.60. The molecule has 0 bridgehead atoms. The van der Waals surface area contributed by atoms with Crippen molar-refractivity contribution >= 4 is 26.8 Å². The van der Waals surface area contributed by atoms with Gasteiger partial charge in [0, 0.05) is 17.1 Å². The smallest absolute Gasteiger partial charge is 0.148 e. The molecule has 0 radical (unpaired) electrons.